The Labute approximate surface area is 139 Å². The van der Waals surface area contributed by atoms with Gasteiger partial charge in [0.05, 0.1) is 0 Å². The van der Waals surface area contributed by atoms with Gasteiger partial charge in [-0.2, -0.15) is 0 Å². The summed E-state index contributed by atoms with van der Waals surface area (Å²) in [5, 5.41) is 0. The number of hydrogen-bond donors (Lipinski definition) is 1. The average Bonchev–Trinajstić information content (AvgIpc) is 2.76. The number of rotatable bonds is 3. The molecule has 2 aromatic rings. The summed E-state index contributed by atoms with van der Waals surface area (Å²) in [6.45, 7) is 8.82. The summed E-state index contributed by atoms with van der Waals surface area (Å²) in [4.78, 5) is 0. The Hall–Kier alpha value is -2.28. The van der Waals surface area contributed by atoms with Crippen molar-refractivity contribution in [1.82, 2.24) is 0 Å². The molecule has 1 nitrogen and oxygen atoms in total. The summed E-state index contributed by atoms with van der Waals surface area (Å²) < 4.78 is 0. The first kappa shape index (κ1) is 15.6. The van der Waals surface area contributed by atoms with E-state index < -0.39 is 0 Å². The molecule has 0 aromatic heterocycles. The lowest BCUT2D eigenvalue weighted by Crippen LogP contribution is -2.15. The first-order chi connectivity index (χ1) is 11.0. The van der Waals surface area contributed by atoms with Crippen LogP contribution in [0.25, 0.3) is 11.1 Å². The number of fused-ring (bicyclic) bond motifs is 3. The first-order valence-corrected chi connectivity index (χ1v) is 8.27. The summed E-state index contributed by atoms with van der Waals surface area (Å²) in [7, 11) is 0. The van der Waals surface area contributed by atoms with Gasteiger partial charge in [0, 0.05) is 16.7 Å². The third-order valence-corrected chi connectivity index (χ3v) is 4.89. The molecular weight excluding hydrogens is 278 g/mol. The molecule has 2 aromatic carbocycles. The second-order valence-electron chi connectivity index (χ2n) is 6.95. The predicted molar refractivity (Wildman–Crippen MR) is 101 cm³/mol. The molecule has 0 atom stereocenters. The Morgan fingerprint density at radius 2 is 1.70 bits per heavy atom. The van der Waals surface area contributed by atoms with E-state index in [-0.39, 0.29) is 5.41 Å². The van der Waals surface area contributed by atoms with Gasteiger partial charge >= 0.3 is 0 Å². The van der Waals surface area contributed by atoms with Gasteiger partial charge in [0.2, 0.25) is 0 Å². The molecule has 0 heterocycles. The summed E-state index contributed by atoms with van der Waals surface area (Å²) in [6.07, 6.45) is 7.31. The van der Waals surface area contributed by atoms with E-state index in [1.807, 2.05) is 13.0 Å². The zero-order chi connectivity index (χ0) is 16.6. The Morgan fingerprint density at radius 3 is 2.39 bits per heavy atom. The molecule has 1 aliphatic rings. The second-order valence-corrected chi connectivity index (χ2v) is 6.95. The van der Waals surface area contributed by atoms with Crippen molar-refractivity contribution in [3.63, 3.8) is 0 Å². The summed E-state index contributed by atoms with van der Waals surface area (Å²) >= 11 is 0. The fraction of sp³-hybridized carbons (Fsp3) is 0.273. The topological polar surface area (TPSA) is 26.0 Å². The molecule has 0 fully saturated rings. The van der Waals surface area contributed by atoms with Crippen molar-refractivity contribution < 1.29 is 0 Å². The fourth-order valence-electron chi connectivity index (χ4n) is 3.70. The number of allylic oxidation sites excluding steroid dienone is 4. The van der Waals surface area contributed by atoms with Gasteiger partial charge in [0.1, 0.15) is 0 Å². The van der Waals surface area contributed by atoms with Crippen LogP contribution in [0.5, 0.6) is 0 Å². The van der Waals surface area contributed by atoms with Crippen molar-refractivity contribution in [3.05, 3.63) is 76.9 Å². The van der Waals surface area contributed by atoms with Crippen LogP contribution in [0.15, 0.2) is 60.2 Å². The molecule has 0 aliphatic heterocycles. The highest BCUT2D eigenvalue weighted by Gasteiger charge is 2.37. The van der Waals surface area contributed by atoms with Crippen LogP contribution in [0.1, 0.15) is 44.4 Å². The first-order valence-electron chi connectivity index (χ1n) is 8.27. The molecule has 0 unspecified atom stereocenters. The van der Waals surface area contributed by atoms with Crippen molar-refractivity contribution in [2.45, 2.75) is 39.5 Å². The quantitative estimate of drug-likeness (QED) is 0.576. The Kier molecular flexibility index (Phi) is 3.89. The van der Waals surface area contributed by atoms with E-state index in [2.05, 4.69) is 69.3 Å². The monoisotopic (exact) mass is 303 g/mol. The molecular formula is C22H25N. The standard InChI is InChI=1S/C22H25N/c1-5-6-9-15(2)14-16-10-7-11-17-20(16)21-18(22(17,3)4)12-8-13-19(21)23/h5-13H,14,23H2,1-4H3/b6-5-,15-9+. The Morgan fingerprint density at radius 1 is 1.04 bits per heavy atom. The molecule has 0 radical (unpaired) electrons. The van der Waals surface area contributed by atoms with Crippen LogP contribution in [0, 0.1) is 0 Å². The van der Waals surface area contributed by atoms with E-state index in [4.69, 9.17) is 5.73 Å². The summed E-state index contributed by atoms with van der Waals surface area (Å²) in [5.74, 6) is 0. The van der Waals surface area contributed by atoms with Crippen LogP contribution in [0.4, 0.5) is 5.69 Å². The number of nitrogen functional groups attached to an aromatic ring is 1. The molecule has 2 N–H and O–H groups in total. The minimum Gasteiger partial charge on any atom is -0.398 e. The van der Waals surface area contributed by atoms with E-state index in [9.17, 15) is 0 Å². The smallest absolute Gasteiger partial charge is 0.0397 e. The largest absolute Gasteiger partial charge is 0.398 e. The molecule has 23 heavy (non-hydrogen) atoms. The third-order valence-electron chi connectivity index (χ3n) is 4.89. The zero-order valence-corrected chi connectivity index (χ0v) is 14.5. The minimum absolute atomic E-state index is 0.0109. The maximum Gasteiger partial charge on any atom is 0.0397 e. The molecule has 0 saturated carbocycles. The van der Waals surface area contributed by atoms with Gasteiger partial charge in [-0.25, -0.2) is 0 Å². The minimum atomic E-state index is 0.0109. The second kappa shape index (κ2) is 5.73. The molecule has 0 saturated heterocycles. The van der Waals surface area contributed by atoms with Gasteiger partial charge in [-0.3, -0.25) is 0 Å². The van der Waals surface area contributed by atoms with Crippen LogP contribution >= 0.6 is 0 Å². The normalized spacial score (nSPS) is 15.7. The molecule has 3 rings (SSSR count). The number of hydrogen-bond acceptors (Lipinski definition) is 1. The molecule has 0 bridgehead atoms. The van der Waals surface area contributed by atoms with Gasteiger partial charge in [-0.15, -0.1) is 0 Å². The van der Waals surface area contributed by atoms with Crippen LogP contribution in [0.2, 0.25) is 0 Å². The Bertz CT molecular complexity index is 807. The van der Waals surface area contributed by atoms with Gasteiger partial charge < -0.3 is 5.73 Å². The predicted octanol–water partition coefficient (Wildman–Crippen LogP) is 5.64. The lowest BCUT2D eigenvalue weighted by molar-refractivity contribution is 0.660. The molecule has 0 spiro atoms. The lowest BCUT2D eigenvalue weighted by atomic mass is 9.82. The van der Waals surface area contributed by atoms with Crippen molar-refractivity contribution >= 4 is 5.69 Å². The molecule has 1 heteroatoms. The third kappa shape index (κ3) is 2.50. The SMILES string of the molecule is C/C=C\C=C(/C)Cc1cccc2c1-c1c(N)cccc1C2(C)C. The number of anilines is 1. The van der Waals surface area contributed by atoms with Gasteiger partial charge in [0.25, 0.3) is 0 Å². The van der Waals surface area contributed by atoms with E-state index in [1.54, 1.807) is 0 Å². The van der Waals surface area contributed by atoms with E-state index >= 15 is 0 Å². The zero-order valence-electron chi connectivity index (χ0n) is 14.5. The van der Waals surface area contributed by atoms with E-state index in [1.165, 1.54) is 33.4 Å². The number of nitrogens with two attached hydrogens (primary N) is 1. The van der Waals surface area contributed by atoms with Gasteiger partial charge in [-0.05, 0) is 48.6 Å². The lowest BCUT2D eigenvalue weighted by Gasteiger charge is -2.21. The maximum absolute atomic E-state index is 6.36. The molecule has 0 amide bonds. The summed E-state index contributed by atoms with van der Waals surface area (Å²) in [5.41, 5.74) is 15.3. The van der Waals surface area contributed by atoms with Crippen LogP contribution < -0.4 is 5.73 Å². The van der Waals surface area contributed by atoms with Gasteiger partial charge in [0.15, 0.2) is 0 Å². The molecule has 1 aliphatic carbocycles. The van der Waals surface area contributed by atoms with Crippen molar-refractivity contribution in [3.8, 4) is 11.1 Å². The molecule has 118 valence electrons. The fourth-order valence-corrected chi connectivity index (χ4v) is 3.70. The highest BCUT2D eigenvalue weighted by Crippen LogP contribution is 2.52. The maximum atomic E-state index is 6.36. The van der Waals surface area contributed by atoms with Crippen LogP contribution in [-0.2, 0) is 11.8 Å². The van der Waals surface area contributed by atoms with Crippen molar-refractivity contribution in [2.75, 3.05) is 5.73 Å². The van der Waals surface area contributed by atoms with E-state index in [0.717, 1.165) is 12.1 Å². The van der Waals surface area contributed by atoms with Crippen molar-refractivity contribution in [2.24, 2.45) is 0 Å². The highest BCUT2D eigenvalue weighted by molar-refractivity contribution is 5.90. The Balaban J connectivity index is 2.20. The average molecular weight is 303 g/mol. The highest BCUT2D eigenvalue weighted by atomic mass is 14.6. The van der Waals surface area contributed by atoms with E-state index in [0.29, 0.717) is 0 Å². The number of benzene rings is 2. The summed E-state index contributed by atoms with van der Waals surface area (Å²) in [6, 6.07) is 13.0. The van der Waals surface area contributed by atoms with Crippen molar-refractivity contribution in [1.29, 1.82) is 0 Å². The van der Waals surface area contributed by atoms with Gasteiger partial charge in [-0.1, -0.05) is 68.0 Å². The van der Waals surface area contributed by atoms with Crippen LogP contribution in [0.3, 0.4) is 0 Å². The van der Waals surface area contributed by atoms with Crippen LogP contribution in [-0.4, -0.2) is 0 Å².